The fourth-order valence-electron chi connectivity index (χ4n) is 2.11. The van der Waals surface area contributed by atoms with Crippen molar-refractivity contribution >= 4 is 0 Å². The van der Waals surface area contributed by atoms with Crippen LogP contribution < -0.4 is 5.73 Å². The zero-order chi connectivity index (χ0) is 9.19. The zero-order valence-corrected chi connectivity index (χ0v) is 8.21. The Hall–Kier alpha value is -0.0800. The molecule has 0 spiro atoms. The third-order valence-electron chi connectivity index (χ3n) is 3.40. The molecule has 1 aliphatic rings. The third kappa shape index (κ3) is 1.64. The van der Waals surface area contributed by atoms with Gasteiger partial charge in [-0.05, 0) is 25.2 Å². The molecule has 0 saturated heterocycles. The van der Waals surface area contributed by atoms with E-state index < -0.39 is 5.60 Å². The fraction of sp³-hybridized carbons (Fsp3) is 1.00. The maximum atomic E-state index is 9.99. The largest absolute Gasteiger partial charge is 0.388 e. The number of hydrogen-bond donors (Lipinski definition) is 2. The van der Waals surface area contributed by atoms with Crippen LogP contribution in [0.15, 0.2) is 0 Å². The first-order valence-electron chi connectivity index (χ1n) is 5.12. The highest BCUT2D eigenvalue weighted by Gasteiger charge is 2.42. The minimum absolute atomic E-state index is 0.00116. The van der Waals surface area contributed by atoms with Gasteiger partial charge in [0, 0.05) is 6.04 Å². The van der Waals surface area contributed by atoms with Gasteiger partial charge >= 0.3 is 0 Å². The molecule has 72 valence electrons. The van der Waals surface area contributed by atoms with Crippen molar-refractivity contribution in [1.82, 2.24) is 0 Å². The van der Waals surface area contributed by atoms with E-state index in [9.17, 15) is 5.11 Å². The van der Waals surface area contributed by atoms with E-state index in [1.807, 2.05) is 0 Å². The fourth-order valence-corrected chi connectivity index (χ4v) is 2.11. The van der Waals surface area contributed by atoms with Gasteiger partial charge in [-0.3, -0.25) is 0 Å². The average molecular weight is 171 g/mol. The molecule has 1 aliphatic carbocycles. The van der Waals surface area contributed by atoms with E-state index >= 15 is 0 Å². The summed E-state index contributed by atoms with van der Waals surface area (Å²) < 4.78 is 0. The summed E-state index contributed by atoms with van der Waals surface area (Å²) in [6.07, 6.45) is 5.12. The Balaban J connectivity index is 2.49. The Morgan fingerprint density at radius 2 is 1.83 bits per heavy atom. The Morgan fingerprint density at radius 1 is 1.33 bits per heavy atom. The van der Waals surface area contributed by atoms with E-state index in [1.165, 1.54) is 0 Å². The van der Waals surface area contributed by atoms with Crippen molar-refractivity contribution in [3.05, 3.63) is 0 Å². The van der Waals surface area contributed by atoms with Crippen LogP contribution in [0, 0.1) is 5.92 Å². The summed E-state index contributed by atoms with van der Waals surface area (Å²) in [5, 5.41) is 9.99. The van der Waals surface area contributed by atoms with E-state index in [4.69, 9.17) is 5.73 Å². The van der Waals surface area contributed by atoms with Crippen molar-refractivity contribution < 1.29 is 5.11 Å². The van der Waals surface area contributed by atoms with Gasteiger partial charge in [-0.15, -0.1) is 0 Å². The van der Waals surface area contributed by atoms with Crippen molar-refractivity contribution in [2.24, 2.45) is 11.7 Å². The molecule has 3 N–H and O–H groups in total. The Bertz CT molecular complexity index is 139. The Morgan fingerprint density at radius 3 is 2.08 bits per heavy atom. The highest BCUT2D eigenvalue weighted by atomic mass is 16.3. The van der Waals surface area contributed by atoms with E-state index in [2.05, 4.69) is 13.8 Å². The summed E-state index contributed by atoms with van der Waals surface area (Å²) in [4.78, 5) is 0. The molecule has 1 fully saturated rings. The van der Waals surface area contributed by atoms with Crippen LogP contribution in [0.2, 0.25) is 0 Å². The molecule has 0 aromatic carbocycles. The topological polar surface area (TPSA) is 46.2 Å². The van der Waals surface area contributed by atoms with Crippen LogP contribution in [0.5, 0.6) is 0 Å². The predicted molar refractivity (Wildman–Crippen MR) is 50.8 cm³/mol. The molecular weight excluding hydrogens is 150 g/mol. The average Bonchev–Trinajstić information content (AvgIpc) is 2.02. The van der Waals surface area contributed by atoms with Crippen molar-refractivity contribution in [2.75, 3.05) is 0 Å². The number of rotatable bonds is 4. The highest BCUT2D eigenvalue weighted by Crippen LogP contribution is 2.37. The zero-order valence-electron chi connectivity index (χ0n) is 8.21. The lowest BCUT2D eigenvalue weighted by atomic mass is 9.70. The highest BCUT2D eigenvalue weighted by molar-refractivity contribution is 4.98. The van der Waals surface area contributed by atoms with Crippen LogP contribution in [-0.2, 0) is 0 Å². The van der Waals surface area contributed by atoms with Crippen LogP contribution in [0.4, 0.5) is 0 Å². The summed E-state index contributed by atoms with van der Waals surface area (Å²) in [7, 11) is 0. The molecule has 0 aromatic rings. The molecule has 2 heteroatoms. The molecular formula is C10H21NO. The number of hydrogen-bond acceptors (Lipinski definition) is 2. The van der Waals surface area contributed by atoms with Crippen LogP contribution in [-0.4, -0.2) is 16.7 Å². The van der Waals surface area contributed by atoms with Crippen molar-refractivity contribution in [2.45, 2.75) is 57.6 Å². The normalized spacial score (nSPS) is 23.8. The van der Waals surface area contributed by atoms with Crippen molar-refractivity contribution in [3.63, 3.8) is 0 Å². The summed E-state index contributed by atoms with van der Waals surface area (Å²) in [6.45, 7) is 4.30. The Kier molecular flexibility index (Phi) is 3.13. The number of aliphatic hydroxyl groups is 1. The van der Waals surface area contributed by atoms with E-state index in [0.29, 0.717) is 5.92 Å². The Labute approximate surface area is 75.2 Å². The first-order valence-corrected chi connectivity index (χ1v) is 5.12. The summed E-state index contributed by atoms with van der Waals surface area (Å²) in [6, 6.07) is 0.00116. The van der Waals surface area contributed by atoms with E-state index in [-0.39, 0.29) is 6.04 Å². The maximum Gasteiger partial charge on any atom is 0.0800 e. The van der Waals surface area contributed by atoms with Gasteiger partial charge in [-0.1, -0.05) is 26.7 Å². The lowest BCUT2D eigenvalue weighted by Crippen LogP contribution is -2.56. The summed E-state index contributed by atoms with van der Waals surface area (Å²) >= 11 is 0. The monoisotopic (exact) mass is 171 g/mol. The SMILES string of the molecule is CCC(CC)C(N)C1(O)CCC1. The summed E-state index contributed by atoms with van der Waals surface area (Å²) in [5.41, 5.74) is 5.51. The molecule has 12 heavy (non-hydrogen) atoms. The molecule has 0 amide bonds. The second-order valence-electron chi connectivity index (χ2n) is 4.06. The third-order valence-corrected chi connectivity index (χ3v) is 3.40. The van der Waals surface area contributed by atoms with Crippen molar-refractivity contribution in [1.29, 1.82) is 0 Å². The molecule has 1 unspecified atom stereocenters. The van der Waals surface area contributed by atoms with Gasteiger partial charge in [0.2, 0.25) is 0 Å². The molecule has 1 saturated carbocycles. The standard InChI is InChI=1S/C10H21NO/c1-3-8(4-2)9(11)10(12)6-5-7-10/h8-9,12H,3-7,11H2,1-2H3. The van der Waals surface area contributed by atoms with Crippen LogP contribution in [0.1, 0.15) is 46.0 Å². The molecule has 0 bridgehead atoms. The van der Waals surface area contributed by atoms with E-state index in [0.717, 1.165) is 32.1 Å². The quantitative estimate of drug-likeness (QED) is 0.676. The lowest BCUT2D eigenvalue weighted by Gasteiger charge is -2.44. The second-order valence-corrected chi connectivity index (χ2v) is 4.06. The molecule has 2 nitrogen and oxygen atoms in total. The molecule has 0 aliphatic heterocycles. The smallest absolute Gasteiger partial charge is 0.0800 e. The van der Waals surface area contributed by atoms with Crippen LogP contribution in [0.3, 0.4) is 0 Å². The van der Waals surface area contributed by atoms with E-state index in [1.54, 1.807) is 0 Å². The van der Waals surface area contributed by atoms with Gasteiger partial charge in [0.25, 0.3) is 0 Å². The van der Waals surface area contributed by atoms with Gasteiger partial charge in [-0.25, -0.2) is 0 Å². The summed E-state index contributed by atoms with van der Waals surface area (Å²) in [5.74, 6) is 0.496. The maximum absolute atomic E-state index is 9.99. The molecule has 0 aromatic heterocycles. The molecule has 0 radical (unpaired) electrons. The number of nitrogens with two attached hydrogens (primary N) is 1. The van der Waals surface area contributed by atoms with Crippen LogP contribution in [0.25, 0.3) is 0 Å². The molecule has 1 rings (SSSR count). The lowest BCUT2D eigenvalue weighted by molar-refractivity contribution is -0.0702. The second kappa shape index (κ2) is 3.75. The first kappa shape index (κ1) is 10.0. The van der Waals surface area contributed by atoms with Crippen molar-refractivity contribution in [3.8, 4) is 0 Å². The van der Waals surface area contributed by atoms with Gasteiger partial charge in [0.15, 0.2) is 0 Å². The first-order chi connectivity index (χ1) is 5.64. The van der Waals surface area contributed by atoms with Gasteiger partial charge in [0.05, 0.1) is 5.60 Å². The minimum atomic E-state index is -0.517. The van der Waals surface area contributed by atoms with Crippen LogP contribution >= 0.6 is 0 Å². The van der Waals surface area contributed by atoms with Gasteiger partial charge in [0.1, 0.15) is 0 Å². The molecule has 0 heterocycles. The van der Waals surface area contributed by atoms with Gasteiger partial charge < -0.3 is 10.8 Å². The molecule has 1 atom stereocenters. The van der Waals surface area contributed by atoms with Gasteiger partial charge in [-0.2, -0.15) is 0 Å². The minimum Gasteiger partial charge on any atom is -0.388 e. The predicted octanol–water partition coefficient (Wildman–Crippen LogP) is 1.66.